The lowest BCUT2D eigenvalue weighted by molar-refractivity contribution is -0.182. The average Bonchev–Trinajstić information content (AvgIpc) is 2.27. The summed E-state index contributed by atoms with van der Waals surface area (Å²) in [5.41, 5.74) is 0. The van der Waals surface area contributed by atoms with E-state index < -0.39 is 12.1 Å². The van der Waals surface area contributed by atoms with Crippen LogP contribution in [0.15, 0.2) is 0 Å². The molecule has 0 spiro atoms. The van der Waals surface area contributed by atoms with E-state index in [0.29, 0.717) is 12.8 Å². The Kier molecular flexibility index (Phi) is 5.10. The van der Waals surface area contributed by atoms with Crippen molar-refractivity contribution in [2.75, 3.05) is 5.88 Å². The number of hydrogen-bond acceptors (Lipinski definition) is 1. The summed E-state index contributed by atoms with van der Waals surface area (Å²) in [5.74, 6) is -1.45. The van der Waals surface area contributed by atoms with Crippen LogP contribution in [0.1, 0.15) is 32.6 Å². The van der Waals surface area contributed by atoms with E-state index in [4.69, 9.17) is 11.6 Å². The molecule has 2 nitrogen and oxygen atoms in total. The highest BCUT2D eigenvalue weighted by molar-refractivity contribution is 6.19. The molecule has 0 bridgehead atoms. The normalized spacial score (nSPS) is 27.6. The molecule has 1 N–H and O–H groups in total. The second-order valence-electron chi connectivity index (χ2n) is 4.65. The van der Waals surface area contributed by atoms with Crippen LogP contribution in [0.4, 0.5) is 13.2 Å². The number of amides is 1. The molecular formula is C11H17ClF3NO. The van der Waals surface area contributed by atoms with E-state index in [9.17, 15) is 18.0 Å². The molecule has 0 aromatic rings. The highest BCUT2D eigenvalue weighted by atomic mass is 35.5. The molecule has 1 saturated carbocycles. The van der Waals surface area contributed by atoms with Crippen LogP contribution >= 0.6 is 11.6 Å². The minimum absolute atomic E-state index is 0.101. The zero-order valence-electron chi connectivity index (χ0n) is 9.69. The third-order valence-electron chi connectivity index (χ3n) is 3.22. The molecule has 100 valence electrons. The molecule has 6 heteroatoms. The Balaban J connectivity index is 2.35. The molecule has 1 aliphatic carbocycles. The van der Waals surface area contributed by atoms with Gasteiger partial charge in [0.05, 0.1) is 5.92 Å². The van der Waals surface area contributed by atoms with Gasteiger partial charge in [0.1, 0.15) is 0 Å². The summed E-state index contributed by atoms with van der Waals surface area (Å²) in [5, 5.41) is 2.75. The first-order valence-electron chi connectivity index (χ1n) is 5.77. The Morgan fingerprint density at radius 2 is 1.88 bits per heavy atom. The molecule has 0 heterocycles. The third kappa shape index (κ3) is 4.37. The summed E-state index contributed by atoms with van der Waals surface area (Å²) < 4.78 is 37.2. The highest BCUT2D eigenvalue weighted by Gasteiger charge is 2.41. The maximum Gasteiger partial charge on any atom is 0.391 e. The average molecular weight is 272 g/mol. The molecule has 1 amide bonds. The van der Waals surface area contributed by atoms with Crippen LogP contribution in [-0.2, 0) is 4.79 Å². The van der Waals surface area contributed by atoms with Crippen LogP contribution < -0.4 is 5.32 Å². The zero-order valence-corrected chi connectivity index (χ0v) is 10.4. The van der Waals surface area contributed by atoms with Crippen molar-refractivity contribution in [2.45, 2.75) is 44.8 Å². The van der Waals surface area contributed by atoms with Crippen molar-refractivity contribution in [3.63, 3.8) is 0 Å². The first kappa shape index (κ1) is 14.6. The summed E-state index contributed by atoms with van der Waals surface area (Å²) in [6.45, 7) is 1.70. The molecule has 17 heavy (non-hydrogen) atoms. The molecule has 1 aliphatic rings. The standard InChI is InChI=1S/C11H17ClF3NO/c1-7(6-12)10(17)16-9-4-2-8(3-5-9)11(13,14)15/h7-9H,2-6H2,1H3,(H,16,17). The van der Waals surface area contributed by atoms with Gasteiger partial charge >= 0.3 is 6.18 Å². The minimum Gasteiger partial charge on any atom is -0.353 e. The van der Waals surface area contributed by atoms with Gasteiger partial charge in [0, 0.05) is 17.8 Å². The van der Waals surface area contributed by atoms with E-state index in [2.05, 4.69) is 5.32 Å². The summed E-state index contributed by atoms with van der Waals surface area (Å²) in [7, 11) is 0. The summed E-state index contributed by atoms with van der Waals surface area (Å²) in [6.07, 6.45) is -3.11. The Labute approximate surface area is 104 Å². The number of halogens is 4. The lowest BCUT2D eigenvalue weighted by Crippen LogP contribution is -2.42. The Hall–Kier alpha value is -0.450. The van der Waals surface area contributed by atoms with Gasteiger partial charge < -0.3 is 5.32 Å². The van der Waals surface area contributed by atoms with Crippen molar-refractivity contribution >= 4 is 17.5 Å². The first-order valence-corrected chi connectivity index (χ1v) is 6.31. The molecule has 0 radical (unpaired) electrons. The van der Waals surface area contributed by atoms with Gasteiger partial charge in [-0.15, -0.1) is 11.6 Å². The monoisotopic (exact) mass is 271 g/mol. The number of nitrogens with one attached hydrogen (secondary N) is 1. The third-order valence-corrected chi connectivity index (χ3v) is 3.68. The maximum atomic E-state index is 12.4. The molecule has 0 aromatic heterocycles. The predicted molar refractivity (Wildman–Crippen MR) is 59.8 cm³/mol. The van der Waals surface area contributed by atoms with Gasteiger partial charge in [0.25, 0.3) is 0 Å². The van der Waals surface area contributed by atoms with Crippen molar-refractivity contribution in [2.24, 2.45) is 11.8 Å². The van der Waals surface area contributed by atoms with Crippen LogP contribution in [0.25, 0.3) is 0 Å². The first-order chi connectivity index (χ1) is 7.84. The van der Waals surface area contributed by atoms with Crippen molar-refractivity contribution < 1.29 is 18.0 Å². The second-order valence-corrected chi connectivity index (χ2v) is 4.96. The Morgan fingerprint density at radius 1 is 1.35 bits per heavy atom. The van der Waals surface area contributed by atoms with Crippen molar-refractivity contribution in [3.05, 3.63) is 0 Å². The van der Waals surface area contributed by atoms with E-state index in [1.54, 1.807) is 6.92 Å². The van der Waals surface area contributed by atoms with E-state index >= 15 is 0 Å². The molecule has 1 unspecified atom stereocenters. The number of carbonyl (C=O) groups is 1. The zero-order chi connectivity index (χ0) is 13.1. The Morgan fingerprint density at radius 3 is 2.29 bits per heavy atom. The van der Waals surface area contributed by atoms with Gasteiger partial charge in [-0.3, -0.25) is 4.79 Å². The number of hydrogen-bond donors (Lipinski definition) is 1. The summed E-state index contributed by atoms with van der Waals surface area (Å²) in [4.78, 5) is 11.5. The smallest absolute Gasteiger partial charge is 0.353 e. The van der Waals surface area contributed by atoms with Gasteiger partial charge in [0.15, 0.2) is 0 Å². The van der Waals surface area contributed by atoms with Gasteiger partial charge in [-0.05, 0) is 25.7 Å². The van der Waals surface area contributed by atoms with Gasteiger partial charge in [0.2, 0.25) is 5.91 Å². The number of alkyl halides is 4. The van der Waals surface area contributed by atoms with Crippen molar-refractivity contribution in [1.82, 2.24) is 5.32 Å². The lowest BCUT2D eigenvalue weighted by atomic mass is 9.85. The van der Waals surface area contributed by atoms with Crippen LogP contribution in [0.2, 0.25) is 0 Å². The molecular weight excluding hydrogens is 255 g/mol. The van der Waals surface area contributed by atoms with E-state index in [1.165, 1.54) is 0 Å². The topological polar surface area (TPSA) is 29.1 Å². The predicted octanol–water partition coefficient (Wildman–Crippen LogP) is 3.10. The highest BCUT2D eigenvalue weighted by Crippen LogP contribution is 2.37. The van der Waals surface area contributed by atoms with Crippen molar-refractivity contribution in [1.29, 1.82) is 0 Å². The van der Waals surface area contributed by atoms with Gasteiger partial charge in [-0.1, -0.05) is 6.92 Å². The number of carbonyl (C=O) groups excluding carboxylic acids is 1. The maximum absolute atomic E-state index is 12.4. The quantitative estimate of drug-likeness (QED) is 0.785. The molecule has 1 fully saturated rings. The minimum atomic E-state index is -4.10. The number of rotatable bonds is 3. The fourth-order valence-corrected chi connectivity index (χ4v) is 2.12. The summed E-state index contributed by atoms with van der Waals surface area (Å²) >= 11 is 5.54. The molecule has 0 aliphatic heterocycles. The molecule has 1 rings (SSSR count). The Bertz CT molecular complexity index is 262. The molecule has 0 aromatic carbocycles. The van der Waals surface area contributed by atoms with E-state index in [0.717, 1.165) is 0 Å². The summed E-state index contributed by atoms with van der Waals surface area (Å²) in [6, 6.07) is -0.133. The van der Waals surface area contributed by atoms with Gasteiger partial charge in [-0.25, -0.2) is 0 Å². The fraction of sp³-hybridized carbons (Fsp3) is 0.909. The lowest BCUT2D eigenvalue weighted by Gasteiger charge is -2.30. The SMILES string of the molecule is CC(CCl)C(=O)NC1CCC(C(F)(F)F)CC1. The fourth-order valence-electron chi connectivity index (χ4n) is 1.98. The van der Waals surface area contributed by atoms with Crippen molar-refractivity contribution in [3.8, 4) is 0 Å². The second kappa shape index (κ2) is 5.94. The van der Waals surface area contributed by atoms with Crippen LogP contribution in [0.5, 0.6) is 0 Å². The molecule has 0 saturated heterocycles. The van der Waals surface area contributed by atoms with Crippen LogP contribution in [0.3, 0.4) is 0 Å². The van der Waals surface area contributed by atoms with Crippen LogP contribution in [0, 0.1) is 11.8 Å². The molecule has 1 atom stereocenters. The largest absolute Gasteiger partial charge is 0.391 e. The van der Waals surface area contributed by atoms with Crippen LogP contribution in [-0.4, -0.2) is 24.0 Å². The van der Waals surface area contributed by atoms with Gasteiger partial charge in [-0.2, -0.15) is 13.2 Å². The van der Waals surface area contributed by atoms with E-state index in [-0.39, 0.29) is 36.6 Å². The van der Waals surface area contributed by atoms with E-state index in [1.807, 2.05) is 0 Å².